The van der Waals surface area contributed by atoms with Crippen LogP contribution in [0.25, 0.3) is 10.4 Å². The summed E-state index contributed by atoms with van der Waals surface area (Å²) >= 11 is 1.57. The van der Waals surface area contributed by atoms with E-state index in [4.69, 9.17) is 0 Å². The molecule has 0 radical (unpaired) electrons. The van der Waals surface area contributed by atoms with Gasteiger partial charge in [0.1, 0.15) is 5.01 Å². The second-order valence-corrected chi connectivity index (χ2v) is 7.47. The standard InChI is InChI=1S/C20H18N2O2S/c1-13-5-2-3-6-14(13)19-12-21-20(25-19)11-18(24)16-8-9-17(23)15-7-4-10-22(15)16/h2-7,10,12,16H,8-9,11H2,1H3. The number of carbonyl (C=O) groups is 2. The van der Waals surface area contributed by atoms with Gasteiger partial charge in [-0.15, -0.1) is 11.3 Å². The number of hydrogen-bond donors (Lipinski definition) is 0. The predicted octanol–water partition coefficient (Wildman–Crippen LogP) is 4.25. The maximum absolute atomic E-state index is 12.8. The molecule has 126 valence electrons. The molecule has 1 aliphatic heterocycles. The SMILES string of the molecule is Cc1ccccc1-c1cnc(CC(=O)C2CCC(=O)c3cccn32)s1. The molecule has 2 aromatic heterocycles. The van der Waals surface area contributed by atoms with Crippen LogP contribution in [0, 0.1) is 6.92 Å². The molecule has 0 saturated heterocycles. The maximum Gasteiger partial charge on any atom is 0.179 e. The highest BCUT2D eigenvalue weighted by Crippen LogP contribution is 2.31. The first-order valence-electron chi connectivity index (χ1n) is 8.37. The zero-order valence-corrected chi connectivity index (χ0v) is 14.8. The summed E-state index contributed by atoms with van der Waals surface area (Å²) in [5.41, 5.74) is 3.01. The number of thiazole rings is 1. The molecule has 1 unspecified atom stereocenters. The zero-order chi connectivity index (χ0) is 17.4. The van der Waals surface area contributed by atoms with Gasteiger partial charge in [-0.3, -0.25) is 9.59 Å². The van der Waals surface area contributed by atoms with Gasteiger partial charge in [0, 0.05) is 18.8 Å². The lowest BCUT2D eigenvalue weighted by Gasteiger charge is -2.24. The van der Waals surface area contributed by atoms with Gasteiger partial charge in [-0.1, -0.05) is 24.3 Å². The molecule has 0 spiro atoms. The normalized spacial score (nSPS) is 16.7. The van der Waals surface area contributed by atoms with Gasteiger partial charge in [0.15, 0.2) is 11.6 Å². The molecular weight excluding hydrogens is 332 g/mol. The summed E-state index contributed by atoms with van der Waals surface area (Å²) in [4.78, 5) is 30.2. The van der Waals surface area contributed by atoms with Gasteiger partial charge < -0.3 is 4.57 Å². The first-order chi connectivity index (χ1) is 12.1. The molecule has 3 aromatic rings. The van der Waals surface area contributed by atoms with Crippen molar-refractivity contribution in [2.45, 2.75) is 32.2 Å². The second-order valence-electron chi connectivity index (χ2n) is 6.35. The highest BCUT2D eigenvalue weighted by molar-refractivity contribution is 7.15. The third-order valence-electron chi connectivity index (χ3n) is 4.71. The summed E-state index contributed by atoms with van der Waals surface area (Å²) in [6.07, 6.45) is 5.01. The van der Waals surface area contributed by atoms with Crippen LogP contribution in [0.2, 0.25) is 0 Å². The van der Waals surface area contributed by atoms with Crippen LogP contribution >= 0.6 is 11.3 Å². The van der Waals surface area contributed by atoms with Crippen LogP contribution in [-0.4, -0.2) is 21.1 Å². The van der Waals surface area contributed by atoms with Gasteiger partial charge in [0.05, 0.1) is 23.0 Å². The number of Topliss-reactive ketones (excluding diaryl/α,β-unsaturated/α-hetero) is 2. The molecule has 0 fully saturated rings. The Balaban J connectivity index is 1.54. The van der Waals surface area contributed by atoms with E-state index in [1.54, 1.807) is 17.4 Å². The van der Waals surface area contributed by atoms with Crippen molar-refractivity contribution in [3.63, 3.8) is 0 Å². The Morgan fingerprint density at radius 2 is 2.12 bits per heavy atom. The molecule has 4 nitrogen and oxygen atoms in total. The van der Waals surface area contributed by atoms with Gasteiger partial charge in [-0.25, -0.2) is 4.98 Å². The summed E-state index contributed by atoms with van der Waals surface area (Å²) in [6.45, 7) is 2.08. The van der Waals surface area contributed by atoms with E-state index in [1.807, 2.05) is 35.2 Å². The molecule has 0 saturated carbocycles. The Labute approximate surface area is 150 Å². The Morgan fingerprint density at radius 3 is 2.96 bits per heavy atom. The van der Waals surface area contributed by atoms with Crippen LogP contribution in [-0.2, 0) is 11.2 Å². The number of ketones is 2. The number of benzene rings is 1. The van der Waals surface area contributed by atoms with Crippen LogP contribution < -0.4 is 0 Å². The van der Waals surface area contributed by atoms with E-state index in [-0.39, 0.29) is 17.6 Å². The summed E-state index contributed by atoms with van der Waals surface area (Å²) in [5.74, 6) is 0.237. The van der Waals surface area contributed by atoms with Gasteiger partial charge in [-0.2, -0.15) is 0 Å². The first-order valence-corrected chi connectivity index (χ1v) is 9.18. The van der Waals surface area contributed by atoms with Crippen molar-refractivity contribution in [2.24, 2.45) is 0 Å². The molecule has 0 N–H and O–H groups in total. The minimum atomic E-state index is -0.256. The van der Waals surface area contributed by atoms with E-state index < -0.39 is 0 Å². The molecule has 1 atom stereocenters. The van der Waals surface area contributed by atoms with E-state index >= 15 is 0 Å². The van der Waals surface area contributed by atoms with Crippen molar-refractivity contribution in [3.8, 4) is 10.4 Å². The third kappa shape index (κ3) is 2.96. The summed E-state index contributed by atoms with van der Waals surface area (Å²) in [6, 6.07) is 11.6. The molecule has 1 aliphatic rings. The Hall–Kier alpha value is -2.53. The van der Waals surface area contributed by atoms with Crippen LogP contribution in [0.4, 0.5) is 0 Å². The molecule has 0 bridgehead atoms. The van der Waals surface area contributed by atoms with E-state index in [0.717, 1.165) is 15.4 Å². The van der Waals surface area contributed by atoms with Crippen LogP contribution in [0.5, 0.6) is 0 Å². The largest absolute Gasteiger partial charge is 0.335 e. The number of aryl methyl sites for hydroxylation is 1. The van der Waals surface area contributed by atoms with E-state index in [0.29, 0.717) is 25.0 Å². The van der Waals surface area contributed by atoms with Crippen LogP contribution in [0.15, 0.2) is 48.8 Å². The fourth-order valence-electron chi connectivity index (χ4n) is 3.39. The summed E-state index contributed by atoms with van der Waals surface area (Å²) in [7, 11) is 0. The quantitative estimate of drug-likeness (QED) is 0.707. The van der Waals surface area contributed by atoms with E-state index in [9.17, 15) is 9.59 Å². The van der Waals surface area contributed by atoms with Gasteiger partial charge in [-0.05, 0) is 36.6 Å². The molecule has 0 aliphatic carbocycles. The summed E-state index contributed by atoms with van der Waals surface area (Å²) in [5, 5.41) is 0.828. The molecule has 0 amide bonds. The Bertz CT molecular complexity index is 954. The number of carbonyl (C=O) groups excluding carboxylic acids is 2. The van der Waals surface area contributed by atoms with Gasteiger partial charge >= 0.3 is 0 Å². The van der Waals surface area contributed by atoms with Crippen molar-refractivity contribution in [2.75, 3.05) is 0 Å². The lowest BCUT2D eigenvalue weighted by molar-refractivity contribution is -0.121. The first kappa shape index (κ1) is 16.0. The third-order valence-corrected chi connectivity index (χ3v) is 5.74. The molecule has 3 heterocycles. The highest BCUT2D eigenvalue weighted by atomic mass is 32.1. The number of fused-ring (bicyclic) bond motifs is 1. The molecule has 25 heavy (non-hydrogen) atoms. The minimum absolute atomic E-state index is 0.116. The maximum atomic E-state index is 12.8. The monoisotopic (exact) mass is 350 g/mol. The van der Waals surface area contributed by atoms with Crippen molar-refractivity contribution in [1.29, 1.82) is 0 Å². The van der Waals surface area contributed by atoms with E-state index in [1.165, 1.54) is 5.56 Å². The van der Waals surface area contributed by atoms with Crippen molar-refractivity contribution >= 4 is 22.9 Å². The van der Waals surface area contributed by atoms with Crippen LogP contribution in [0.1, 0.15) is 39.9 Å². The van der Waals surface area contributed by atoms with Gasteiger partial charge in [0.25, 0.3) is 0 Å². The number of hydrogen-bond acceptors (Lipinski definition) is 4. The lowest BCUT2D eigenvalue weighted by atomic mass is 9.97. The molecule has 4 rings (SSSR count). The fraction of sp³-hybridized carbons (Fsp3) is 0.250. The highest BCUT2D eigenvalue weighted by Gasteiger charge is 2.29. The topological polar surface area (TPSA) is 52.0 Å². The van der Waals surface area contributed by atoms with Crippen molar-refractivity contribution in [3.05, 3.63) is 65.1 Å². The predicted molar refractivity (Wildman–Crippen MR) is 98.0 cm³/mol. The summed E-state index contributed by atoms with van der Waals surface area (Å²) < 4.78 is 1.82. The van der Waals surface area contributed by atoms with Crippen molar-refractivity contribution < 1.29 is 9.59 Å². The second kappa shape index (κ2) is 6.41. The molecule has 1 aromatic carbocycles. The number of nitrogens with zero attached hydrogens (tertiary/aromatic N) is 2. The molecular formula is C20H18N2O2S. The zero-order valence-electron chi connectivity index (χ0n) is 13.9. The average molecular weight is 350 g/mol. The smallest absolute Gasteiger partial charge is 0.179 e. The van der Waals surface area contributed by atoms with E-state index in [2.05, 4.69) is 24.0 Å². The Morgan fingerprint density at radius 1 is 1.28 bits per heavy atom. The average Bonchev–Trinajstić information content (AvgIpc) is 3.25. The number of rotatable bonds is 4. The van der Waals surface area contributed by atoms with Crippen LogP contribution in [0.3, 0.4) is 0 Å². The Kier molecular flexibility index (Phi) is 4.09. The number of aromatic nitrogens is 2. The molecule has 5 heteroatoms. The fourth-order valence-corrected chi connectivity index (χ4v) is 4.40. The van der Waals surface area contributed by atoms with Gasteiger partial charge in [0.2, 0.25) is 0 Å². The minimum Gasteiger partial charge on any atom is -0.335 e. The lowest BCUT2D eigenvalue weighted by Crippen LogP contribution is -2.28. The van der Waals surface area contributed by atoms with Crippen molar-refractivity contribution in [1.82, 2.24) is 9.55 Å².